The number of allylic oxidation sites excluding steroid dienone is 2. The Balaban J connectivity index is 1.49. The van der Waals surface area contributed by atoms with Gasteiger partial charge in [-0.3, -0.25) is 19.5 Å². The molecule has 5 rings (SSSR count). The molecule has 0 unspecified atom stereocenters. The van der Waals surface area contributed by atoms with E-state index >= 15 is 0 Å². The van der Waals surface area contributed by atoms with E-state index < -0.39 is 13.0 Å². The Hall–Kier alpha value is -2.94. The number of fused-ring (bicyclic) bond motifs is 3. The topological polar surface area (TPSA) is 100.0 Å². The fourth-order valence-corrected chi connectivity index (χ4v) is 6.62. The van der Waals surface area contributed by atoms with Crippen LogP contribution >= 0.6 is 11.6 Å². The van der Waals surface area contributed by atoms with Gasteiger partial charge < -0.3 is 14.8 Å². The molecule has 1 aromatic heterocycles. The summed E-state index contributed by atoms with van der Waals surface area (Å²) in [7, 11) is 0.561. The summed E-state index contributed by atoms with van der Waals surface area (Å²) in [6, 6.07) is 10.6. The highest BCUT2D eigenvalue weighted by Crippen LogP contribution is 2.51. The average molecular weight is 535 g/mol. The Morgan fingerprint density at radius 3 is 2.76 bits per heavy atom. The number of nitrogens with zero attached hydrogens (tertiary/aromatic N) is 2. The number of hydrogen-bond donors (Lipinski definition) is 2. The molecule has 4 atom stereocenters. The Bertz CT molecular complexity index is 1300. The van der Waals surface area contributed by atoms with Crippen molar-refractivity contribution in [2.24, 2.45) is 17.8 Å². The van der Waals surface area contributed by atoms with Crippen LogP contribution in [0.3, 0.4) is 0 Å². The molecule has 2 aromatic rings. The number of phenolic OH excluding ortho intramolecular Hbond substituents is 1. The van der Waals surface area contributed by atoms with Crippen molar-refractivity contribution in [2.75, 3.05) is 7.05 Å². The zero-order valence-corrected chi connectivity index (χ0v) is 22.4. The van der Waals surface area contributed by atoms with Crippen molar-refractivity contribution in [1.82, 2.24) is 9.88 Å². The first kappa shape index (κ1) is 26.7. The van der Waals surface area contributed by atoms with Gasteiger partial charge in [0.15, 0.2) is 0 Å². The third-order valence-electron chi connectivity index (χ3n) is 8.06. The molecule has 2 fully saturated rings. The van der Waals surface area contributed by atoms with Crippen LogP contribution in [0.25, 0.3) is 11.6 Å². The van der Waals surface area contributed by atoms with Crippen LogP contribution in [-0.4, -0.2) is 52.1 Å². The molecular formula is C29H32BClN2O5. The highest BCUT2D eigenvalue weighted by molar-refractivity contribution is 6.43. The summed E-state index contributed by atoms with van der Waals surface area (Å²) >= 11 is 6.41. The lowest BCUT2D eigenvalue weighted by Gasteiger charge is -2.43. The molecule has 0 saturated carbocycles. The fourth-order valence-electron chi connectivity index (χ4n) is 6.39. The van der Waals surface area contributed by atoms with Crippen molar-refractivity contribution >= 4 is 42.2 Å². The van der Waals surface area contributed by atoms with Crippen LogP contribution in [0.5, 0.6) is 5.75 Å². The summed E-state index contributed by atoms with van der Waals surface area (Å²) in [5.74, 6) is -1.17. The molecule has 2 N–H and O–H groups in total. The maximum absolute atomic E-state index is 13.1. The third kappa shape index (κ3) is 5.05. The Morgan fingerprint density at radius 2 is 2.05 bits per heavy atom. The van der Waals surface area contributed by atoms with Gasteiger partial charge in [-0.1, -0.05) is 36.6 Å². The van der Waals surface area contributed by atoms with Gasteiger partial charge in [-0.2, -0.15) is 0 Å². The van der Waals surface area contributed by atoms with E-state index in [1.807, 2.05) is 24.3 Å². The molecule has 2 saturated heterocycles. The number of benzene rings is 1. The lowest BCUT2D eigenvalue weighted by molar-refractivity contribution is -0.138. The standard InChI is InChI=1S/C29H32BClN2O5/c1-3-6-19-14-21-27(29(36)33(2)28(21)35)22-16-30(37)38-25(26(19)22)11-9-18(24-7-4-5-12-32-24)13-17-8-10-20(34)15-23(17)31/h4-5,7-8,10,12-13,15,21-22,25,27,34,37H,3,6,9,11,14,16H2,1-2H3/b18-13-/t21-,22+,25-,27-/m1/s1. The molecule has 0 bridgehead atoms. The van der Waals surface area contributed by atoms with Gasteiger partial charge in [-0.15, -0.1) is 0 Å². The van der Waals surface area contributed by atoms with E-state index in [4.69, 9.17) is 16.3 Å². The fraction of sp³-hybridized carbons (Fsp3) is 0.414. The summed E-state index contributed by atoms with van der Waals surface area (Å²) in [6.45, 7) is 2.11. The monoisotopic (exact) mass is 534 g/mol. The normalized spacial score (nSPS) is 25.6. The highest BCUT2D eigenvalue weighted by Gasteiger charge is 2.56. The smallest absolute Gasteiger partial charge is 0.455 e. The number of rotatable bonds is 7. The van der Waals surface area contributed by atoms with Crippen LogP contribution in [0.4, 0.5) is 0 Å². The number of amides is 2. The van der Waals surface area contributed by atoms with Crippen molar-refractivity contribution in [1.29, 1.82) is 0 Å². The maximum Gasteiger partial charge on any atom is 0.455 e. The number of aromatic hydroxyl groups is 1. The van der Waals surface area contributed by atoms with Gasteiger partial charge in [0.2, 0.25) is 11.8 Å². The molecule has 7 nitrogen and oxygen atoms in total. The first-order valence-corrected chi connectivity index (χ1v) is 13.6. The second kappa shape index (κ2) is 11.0. The molecule has 9 heteroatoms. The van der Waals surface area contributed by atoms with Crippen LogP contribution in [-0.2, 0) is 14.2 Å². The minimum absolute atomic E-state index is 0.0961. The lowest BCUT2D eigenvalue weighted by Crippen LogP contribution is -2.46. The van der Waals surface area contributed by atoms with Gasteiger partial charge in [0.1, 0.15) is 5.75 Å². The highest BCUT2D eigenvalue weighted by atomic mass is 35.5. The molecule has 38 heavy (non-hydrogen) atoms. The van der Waals surface area contributed by atoms with Gasteiger partial charge in [0.25, 0.3) is 0 Å². The largest absolute Gasteiger partial charge is 0.508 e. The van der Waals surface area contributed by atoms with E-state index in [9.17, 15) is 19.7 Å². The zero-order valence-electron chi connectivity index (χ0n) is 21.6. The summed E-state index contributed by atoms with van der Waals surface area (Å²) in [5, 5.41) is 20.9. The van der Waals surface area contributed by atoms with Crippen LogP contribution < -0.4 is 0 Å². The van der Waals surface area contributed by atoms with Crippen molar-refractivity contribution in [3.63, 3.8) is 0 Å². The molecular weight excluding hydrogens is 503 g/mol. The first-order chi connectivity index (χ1) is 18.3. The molecule has 1 aliphatic carbocycles. The molecule has 1 aromatic carbocycles. The number of carbonyl (C=O) groups excluding carboxylic acids is 2. The number of imide groups is 1. The second-order valence-electron chi connectivity index (χ2n) is 10.4. The van der Waals surface area contributed by atoms with E-state index in [-0.39, 0.29) is 35.5 Å². The quantitative estimate of drug-likeness (QED) is 0.295. The molecule has 2 aliphatic heterocycles. The second-order valence-corrected chi connectivity index (χ2v) is 10.8. The average Bonchev–Trinajstić information content (AvgIpc) is 3.11. The predicted octanol–water partition coefficient (Wildman–Crippen LogP) is 4.99. The summed E-state index contributed by atoms with van der Waals surface area (Å²) < 4.78 is 6.13. The van der Waals surface area contributed by atoms with E-state index in [0.717, 1.165) is 35.2 Å². The molecule has 0 radical (unpaired) electrons. The van der Waals surface area contributed by atoms with Gasteiger partial charge in [0.05, 0.1) is 28.7 Å². The number of hydrogen-bond acceptors (Lipinski definition) is 6. The number of carbonyl (C=O) groups is 2. The van der Waals surface area contributed by atoms with E-state index in [2.05, 4.69) is 11.9 Å². The predicted molar refractivity (Wildman–Crippen MR) is 147 cm³/mol. The third-order valence-corrected chi connectivity index (χ3v) is 8.39. The zero-order chi connectivity index (χ0) is 27.0. The SMILES string of the molecule is CCCC1=C2[C@@H](CC/C(=C/c3ccc(O)cc3Cl)c3ccccn3)OB(O)C[C@@H]2[C@@H]2C(=O)N(C)C(=O)[C@@H]2C1. The van der Waals surface area contributed by atoms with Crippen LogP contribution in [0, 0.1) is 17.8 Å². The van der Waals surface area contributed by atoms with Gasteiger partial charge in [0, 0.05) is 13.2 Å². The van der Waals surface area contributed by atoms with Crippen molar-refractivity contribution in [2.45, 2.75) is 51.5 Å². The van der Waals surface area contributed by atoms with Crippen LogP contribution in [0.1, 0.15) is 50.3 Å². The number of phenols is 1. The van der Waals surface area contributed by atoms with Crippen molar-refractivity contribution < 1.29 is 24.4 Å². The van der Waals surface area contributed by atoms with Crippen molar-refractivity contribution in [3.8, 4) is 5.75 Å². The Morgan fingerprint density at radius 1 is 1.24 bits per heavy atom. The first-order valence-electron chi connectivity index (χ1n) is 13.3. The van der Waals surface area contributed by atoms with Gasteiger partial charge in [-0.05, 0) is 91.0 Å². The minimum atomic E-state index is -1.00. The molecule has 3 heterocycles. The molecule has 198 valence electrons. The minimum Gasteiger partial charge on any atom is -0.508 e. The van der Waals surface area contributed by atoms with E-state index in [1.54, 1.807) is 25.4 Å². The summed E-state index contributed by atoms with van der Waals surface area (Å²) in [4.78, 5) is 31.8. The summed E-state index contributed by atoms with van der Waals surface area (Å²) in [5.41, 5.74) is 4.79. The number of pyridine rings is 1. The van der Waals surface area contributed by atoms with E-state index in [0.29, 0.717) is 30.6 Å². The maximum atomic E-state index is 13.1. The molecule has 2 amide bonds. The lowest BCUT2D eigenvalue weighted by atomic mass is 9.58. The summed E-state index contributed by atoms with van der Waals surface area (Å²) in [6.07, 6.45) is 7.14. The van der Waals surface area contributed by atoms with E-state index in [1.165, 1.54) is 16.5 Å². The molecule has 3 aliphatic rings. The van der Waals surface area contributed by atoms with Crippen LogP contribution in [0.2, 0.25) is 11.3 Å². The van der Waals surface area contributed by atoms with Crippen LogP contribution in [0.15, 0.2) is 53.7 Å². The number of halogens is 1. The number of aromatic nitrogens is 1. The van der Waals surface area contributed by atoms with Crippen molar-refractivity contribution in [3.05, 3.63) is 70.0 Å². The van der Waals surface area contributed by atoms with Gasteiger partial charge in [-0.25, -0.2) is 0 Å². The Labute approximate surface area is 228 Å². The molecule has 0 spiro atoms. The number of likely N-dealkylation sites (tertiary alicyclic amines) is 1. The Kier molecular flexibility index (Phi) is 7.75. The van der Waals surface area contributed by atoms with Gasteiger partial charge >= 0.3 is 7.12 Å².